The Hall–Kier alpha value is -0.580. The van der Waals surface area contributed by atoms with Crippen LogP contribution in [0.2, 0.25) is 0 Å². The van der Waals surface area contributed by atoms with E-state index in [4.69, 9.17) is 9.84 Å². The Morgan fingerprint density at radius 2 is 1.71 bits per heavy atom. The molecule has 82 valence electrons. The van der Waals surface area contributed by atoms with Crippen LogP contribution in [-0.4, -0.2) is 27.5 Å². The molecular weight excluding hydrogens is 252 g/mol. The van der Waals surface area contributed by atoms with E-state index in [9.17, 15) is 9.59 Å². The Labute approximate surface area is 91.8 Å². The van der Waals surface area contributed by atoms with Gasteiger partial charge >= 0.3 is 11.9 Å². The van der Waals surface area contributed by atoms with Crippen LogP contribution in [0, 0.1) is 5.92 Å². The molecule has 0 spiro atoms. The lowest BCUT2D eigenvalue weighted by Gasteiger charge is -2.25. The molecule has 0 aliphatic rings. The average Bonchev–Trinajstić information content (AvgIpc) is 2.00. The van der Waals surface area contributed by atoms with E-state index in [1.165, 1.54) is 0 Å². The van der Waals surface area contributed by atoms with Crippen LogP contribution < -0.4 is 0 Å². The topological polar surface area (TPSA) is 63.6 Å². The molecule has 0 aromatic rings. The van der Waals surface area contributed by atoms with Crippen LogP contribution in [0.1, 0.15) is 27.7 Å². The van der Waals surface area contributed by atoms with Gasteiger partial charge in [0, 0.05) is 0 Å². The molecule has 0 heterocycles. The van der Waals surface area contributed by atoms with Crippen LogP contribution >= 0.6 is 15.9 Å². The van der Waals surface area contributed by atoms with Crippen molar-refractivity contribution in [3.8, 4) is 0 Å². The first-order valence-corrected chi connectivity index (χ1v) is 5.15. The number of carboxylic acid groups (broad SMARTS) is 1. The van der Waals surface area contributed by atoms with E-state index in [2.05, 4.69) is 15.9 Å². The van der Waals surface area contributed by atoms with Gasteiger partial charge in [-0.2, -0.15) is 0 Å². The highest BCUT2D eigenvalue weighted by Gasteiger charge is 2.48. The third-order valence-electron chi connectivity index (χ3n) is 1.75. The van der Waals surface area contributed by atoms with Crippen molar-refractivity contribution in [1.82, 2.24) is 0 Å². The minimum absolute atomic E-state index is 0.322. The smallest absolute Gasteiger partial charge is 0.335 e. The van der Waals surface area contributed by atoms with Crippen molar-refractivity contribution in [3.63, 3.8) is 0 Å². The molecule has 0 bridgehead atoms. The molecule has 0 amide bonds. The van der Waals surface area contributed by atoms with E-state index < -0.39 is 16.3 Å². The number of aliphatic carboxylic acids is 1. The second-order valence-corrected chi connectivity index (χ2v) is 4.88. The second-order valence-electron chi connectivity index (χ2n) is 3.63. The number of carbonyl (C=O) groups excluding carboxylic acids is 1. The molecule has 1 unspecified atom stereocenters. The summed E-state index contributed by atoms with van der Waals surface area (Å²) in [5.74, 6) is -2.36. The molecule has 0 radical (unpaired) electrons. The number of hydrogen-bond acceptors (Lipinski definition) is 3. The zero-order chi connectivity index (χ0) is 11.5. The zero-order valence-corrected chi connectivity index (χ0v) is 10.3. The van der Waals surface area contributed by atoms with Crippen LogP contribution in [0.5, 0.6) is 0 Å². The summed E-state index contributed by atoms with van der Waals surface area (Å²) in [6, 6.07) is 0. The number of rotatable bonds is 4. The Kier molecular flexibility index (Phi) is 4.58. The van der Waals surface area contributed by atoms with Gasteiger partial charge in [0.25, 0.3) is 0 Å². The molecule has 0 aromatic heterocycles. The lowest BCUT2D eigenvalue weighted by molar-refractivity contribution is -0.159. The zero-order valence-electron chi connectivity index (χ0n) is 8.70. The summed E-state index contributed by atoms with van der Waals surface area (Å²) in [5.41, 5.74) is 0. The molecule has 5 heteroatoms. The van der Waals surface area contributed by atoms with Crippen LogP contribution in [-0.2, 0) is 14.3 Å². The summed E-state index contributed by atoms with van der Waals surface area (Å²) in [6.07, 6.45) is -0.322. The predicted octanol–water partition coefficient (Wildman–Crippen LogP) is 1.81. The number of alkyl halides is 1. The summed E-state index contributed by atoms with van der Waals surface area (Å²) in [4.78, 5) is 22.4. The van der Waals surface area contributed by atoms with Gasteiger partial charge < -0.3 is 9.84 Å². The van der Waals surface area contributed by atoms with Crippen LogP contribution in [0.3, 0.4) is 0 Å². The molecule has 0 saturated carbocycles. The molecule has 0 rings (SSSR count). The monoisotopic (exact) mass is 266 g/mol. The number of carboxylic acids is 1. The average molecular weight is 267 g/mol. The van der Waals surface area contributed by atoms with E-state index >= 15 is 0 Å². The molecule has 0 fully saturated rings. The molecule has 1 N–H and O–H groups in total. The third-order valence-corrected chi connectivity index (χ3v) is 3.33. The van der Waals surface area contributed by atoms with Gasteiger partial charge in [-0.05, 0) is 19.8 Å². The third kappa shape index (κ3) is 2.70. The standard InChI is InChI=1S/C9H15BrO4/c1-5(2)9(10,7(11)12)8(13)14-6(3)4/h5-6H,1-4H3,(H,11,12). The first kappa shape index (κ1) is 13.4. The van der Waals surface area contributed by atoms with Crippen molar-refractivity contribution in [2.45, 2.75) is 38.1 Å². The van der Waals surface area contributed by atoms with Gasteiger partial charge in [0.05, 0.1) is 6.10 Å². The molecule has 1 atom stereocenters. The normalized spacial score (nSPS) is 15.4. The van der Waals surface area contributed by atoms with Gasteiger partial charge in [0.2, 0.25) is 4.32 Å². The number of ether oxygens (including phenoxy) is 1. The summed E-state index contributed by atoms with van der Waals surface area (Å²) in [5, 5.41) is 8.94. The van der Waals surface area contributed by atoms with Gasteiger partial charge in [-0.25, -0.2) is 4.79 Å². The minimum Gasteiger partial charge on any atom is -0.480 e. The lowest BCUT2D eigenvalue weighted by Crippen LogP contribution is -2.47. The number of carbonyl (C=O) groups is 2. The van der Waals surface area contributed by atoms with Crippen molar-refractivity contribution in [2.75, 3.05) is 0 Å². The molecule has 4 nitrogen and oxygen atoms in total. The van der Waals surface area contributed by atoms with Crippen LogP contribution in [0.15, 0.2) is 0 Å². The van der Waals surface area contributed by atoms with Crippen molar-refractivity contribution in [2.24, 2.45) is 5.92 Å². The second kappa shape index (κ2) is 4.77. The van der Waals surface area contributed by atoms with Crippen molar-refractivity contribution in [1.29, 1.82) is 0 Å². The van der Waals surface area contributed by atoms with E-state index in [0.717, 1.165) is 0 Å². The van der Waals surface area contributed by atoms with E-state index in [0.29, 0.717) is 0 Å². The minimum atomic E-state index is -1.64. The molecular formula is C9H15BrO4. The first-order chi connectivity index (χ1) is 6.22. The van der Waals surface area contributed by atoms with Crippen LogP contribution in [0.25, 0.3) is 0 Å². The summed E-state index contributed by atoms with van der Waals surface area (Å²) in [6.45, 7) is 6.63. The maximum Gasteiger partial charge on any atom is 0.335 e. The molecule has 0 aliphatic carbocycles. The van der Waals surface area contributed by atoms with E-state index in [1.807, 2.05) is 0 Å². The highest BCUT2D eigenvalue weighted by molar-refractivity contribution is 9.10. The fraction of sp³-hybridized carbons (Fsp3) is 0.778. The summed E-state index contributed by atoms with van der Waals surface area (Å²) in [7, 11) is 0. The van der Waals surface area contributed by atoms with Crippen molar-refractivity contribution in [3.05, 3.63) is 0 Å². The highest BCUT2D eigenvalue weighted by atomic mass is 79.9. The largest absolute Gasteiger partial charge is 0.480 e. The fourth-order valence-corrected chi connectivity index (χ4v) is 0.963. The molecule has 14 heavy (non-hydrogen) atoms. The van der Waals surface area contributed by atoms with Gasteiger partial charge in [0.15, 0.2) is 0 Å². The Bertz CT molecular complexity index is 237. The van der Waals surface area contributed by atoms with Gasteiger partial charge in [0.1, 0.15) is 0 Å². The maximum atomic E-state index is 11.5. The van der Waals surface area contributed by atoms with E-state index in [1.54, 1.807) is 27.7 Å². The molecule has 0 saturated heterocycles. The first-order valence-electron chi connectivity index (χ1n) is 4.36. The maximum absolute atomic E-state index is 11.5. The number of halogens is 1. The fourth-order valence-electron chi connectivity index (χ4n) is 0.870. The van der Waals surface area contributed by atoms with E-state index in [-0.39, 0.29) is 12.0 Å². The summed E-state index contributed by atoms with van der Waals surface area (Å²) < 4.78 is 3.23. The Morgan fingerprint density at radius 3 is 1.93 bits per heavy atom. The summed E-state index contributed by atoms with van der Waals surface area (Å²) >= 11 is 2.93. The van der Waals surface area contributed by atoms with Crippen molar-refractivity contribution >= 4 is 27.9 Å². The number of esters is 1. The Balaban J connectivity index is 4.84. The van der Waals surface area contributed by atoms with Gasteiger partial charge in [-0.3, -0.25) is 4.79 Å². The highest BCUT2D eigenvalue weighted by Crippen LogP contribution is 2.30. The SMILES string of the molecule is CC(C)OC(=O)C(Br)(C(=O)O)C(C)C. The van der Waals surface area contributed by atoms with Crippen molar-refractivity contribution < 1.29 is 19.4 Å². The number of hydrogen-bond donors (Lipinski definition) is 1. The van der Waals surface area contributed by atoms with Gasteiger partial charge in [-0.15, -0.1) is 0 Å². The molecule has 0 aliphatic heterocycles. The van der Waals surface area contributed by atoms with Gasteiger partial charge in [-0.1, -0.05) is 29.8 Å². The molecule has 0 aromatic carbocycles. The van der Waals surface area contributed by atoms with Crippen LogP contribution in [0.4, 0.5) is 0 Å². The predicted molar refractivity (Wildman–Crippen MR) is 55.4 cm³/mol. The Morgan fingerprint density at radius 1 is 1.29 bits per heavy atom. The quantitative estimate of drug-likeness (QED) is 0.479. The lowest BCUT2D eigenvalue weighted by atomic mass is 9.96.